The number of urea groups is 1. The van der Waals surface area contributed by atoms with Crippen molar-refractivity contribution in [3.8, 4) is 6.07 Å². The lowest BCUT2D eigenvalue weighted by Gasteiger charge is -2.04. The molecular weight excluding hydrogens is 306 g/mol. The molecule has 0 heterocycles. The number of hydrogen-bond acceptors (Lipinski definition) is 7. The van der Waals surface area contributed by atoms with E-state index in [2.05, 4.69) is 5.32 Å². The van der Waals surface area contributed by atoms with E-state index in [4.69, 9.17) is 5.26 Å². The normalized spacial score (nSPS) is 10.2. The van der Waals surface area contributed by atoms with E-state index >= 15 is 0 Å². The molecule has 0 spiro atoms. The number of nitrogens with zero attached hydrogens (tertiary/aromatic N) is 2. The van der Waals surface area contributed by atoms with Gasteiger partial charge in [-0.2, -0.15) is 5.26 Å². The largest absolute Gasteiger partial charge is 0.360 e. The highest BCUT2D eigenvalue weighted by molar-refractivity contribution is 6.09. The van der Waals surface area contributed by atoms with Crippen LogP contribution in [0.15, 0.2) is 36.0 Å². The Morgan fingerprint density at radius 1 is 1.30 bits per heavy atom. The third-order valence-corrected chi connectivity index (χ3v) is 2.32. The van der Waals surface area contributed by atoms with Crippen molar-refractivity contribution >= 4 is 29.2 Å². The summed E-state index contributed by atoms with van der Waals surface area (Å²) in [4.78, 5) is 43.5. The van der Waals surface area contributed by atoms with Crippen molar-refractivity contribution in [1.82, 2.24) is 10.6 Å². The Balaban J connectivity index is 2.80. The zero-order valence-electron chi connectivity index (χ0n) is 11.8. The molecule has 118 valence electrons. The van der Waals surface area contributed by atoms with Crippen LogP contribution >= 0.6 is 0 Å². The highest BCUT2D eigenvalue weighted by atomic mass is 16.6. The Morgan fingerprint density at radius 3 is 2.57 bits per heavy atom. The first-order valence-corrected chi connectivity index (χ1v) is 6.07. The van der Waals surface area contributed by atoms with E-state index in [0.717, 1.165) is 13.1 Å². The second kappa shape index (κ2) is 7.89. The van der Waals surface area contributed by atoms with Crippen molar-refractivity contribution in [2.24, 2.45) is 0 Å². The number of non-ortho nitro benzene ring substituents is 1. The molecule has 0 aliphatic carbocycles. The lowest BCUT2D eigenvalue weighted by molar-refractivity contribution is -0.384. The summed E-state index contributed by atoms with van der Waals surface area (Å²) in [6.07, 6.45) is 0.982. The number of hydrogen-bond donors (Lipinski definition) is 3. The van der Waals surface area contributed by atoms with Crippen LogP contribution in [0.5, 0.6) is 0 Å². The Bertz CT molecular complexity index is 735. The molecule has 0 aromatic heterocycles. The maximum atomic E-state index is 11.6. The molecule has 1 aromatic carbocycles. The van der Waals surface area contributed by atoms with Crippen LogP contribution in [0.4, 0.5) is 16.2 Å². The lowest BCUT2D eigenvalue weighted by Crippen LogP contribution is -2.42. The molecule has 0 aliphatic heterocycles. The minimum absolute atomic E-state index is 0.174. The van der Waals surface area contributed by atoms with Gasteiger partial charge in [0.15, 0.2) is 0 Å². The molecule has 3 N–H and O–H groups in total. The first-order valence-electron chi connectivity index (χ1n) is 6.07. The van der Waals surface area contributed by atoms with E-state index in [0.29, 0.717) is 0 Å². The van der Waals surface area contributed by atoms with Gasteiger partial charge in [-0.15, -0.1) is 0 Å². The van der Waals surface area contributed by atoms with Crippen LogP contribution < -0.4 is 16.0 Å². The van der Waals surface area contributed by atoms with Crippen LogP contribution in [0.1, 0.15) is 6.92 Å². The molecule has 10 heteroatoms. The van der Waals surface area contributed by atoms with Crippen LogP contribution in [0.2, 0.25) is 0 Å². The lowest BCUT2D eigenvalue weighted by atomic mass is 10.2. The molecule has 0 fully saturated rings. The van der Waals surface area contributed by atoms with Crippen molar-refractivity contribution in [3.05, 3.63) is 46.2 Å². The summed E-state index contributed by atoms with van der Waals surface area (Å²) in [6, 6.07) is 5.86. The molecule has 0 saturated carbocycles. The number of imide groups is 2. The molecule has 10 nitrogen and oxygen atoms in total. The van der Waals surface area contributed by atoms with E-state index in [1.807, 2.05) is 0 Å². The topological polar surface area (TPSA) is 154 Å². The minimum Gasteiger partial charge on any atom is -0.360 e. The fourth-order valence-corrected chi connectivity index (χ4v) is 1.37. The molecule has 0 aliphatic rings. The van der Waals surface area contributed by atoms with Gasteiger partial charge in [-0.25, -0.2) is 4.79 Å². The van der Waals surface area contributed by atoms with Gasteiger partial charge in [0.25, 0.3) is 11.6 Å². The number of anilines is 1. The number of nitro benzene ring substituents is 1. The third-order valence-electron chi connectivity index (χ3n) is 2.32. The maximum absolute atomic E-state index is 11.6. The van der Waals surface area contributed by atoms with Crippen LogP contribution in [0, 0.1) is 21.4 Å². The van der Waals surface area contributed by atoms with Crippen molar-refractivity contribution in [1.29, 1.82) is 5.26 Å². The average Bonchev–Trinajstić information content (AvgIpc) is 2.47. The summed E-state index contributed by atoms with van der Waals surface area (Å²) in [7, 11) is 0. The quantitative estimate of drug-likeness (QED) is 0.321. The number of nitrogens with one attached hydrogen (secondary N) is 3. The number of amides is 4. The van der Waals surface area contributed by atoms with Gasteiger partial charge in [0.05, 0.1) is 4.92 Å². The van der Waals surface area contributed by atoms with Gasteiger partial charge < -0.3 is 5.32 Å². The molecule has 0 atom stereocenters. The van der Waals surface area contributed by atoms with Gasteiger partial charge in [0, 0.05) is 30.9 Å². The fraction of sp³-hybridized carbons (Fsp3) is 0.0769. The molecule has 23 heavy (non-hydrogen) atoms. The monoisotopic (exact) mass is 317 g/mol. The Labute approximate surface area is 129 Å². The second-order valence-corrected chi connectivity index (χ2v) is 4.09. The van der Waals surface area contributed by atoms with Crippen molar-refractivity contribution in [3.63, 3.8) is 0 Å². The molecular formula is C13H11N5O5. The third kappa shape index (κ3) is 5.64. The maximum Gasteiger partial charge on any atom is 0.328 e. The van der Waals surface area contributed by atoms with E-state index in [1.54, 1.807) is 16.7 Å². The van der Waals surface area contributed by atoms with Gasteiger partial charge in [-0.3, -0.25) is 30.3 Å². The van der Waals surface area contributed by atoms with Crippen LogP contribution in [-0.2, 0) is 9.59 Å². The zero-order chi connectivity index (χ0) is 17.4. The summed E-state index contributed by atoms with van der Waals surface area (Å²) >= 11 is 0. The highest BCUT2D eigenvalue weighted by Gasteiger charge is 2.13. The Kier molecular flexibility index (Phi) is 5.94. The van der Waals surface area contributed by atoms with E-state index < -0.39 is 28.3 Å². The smallest absolute Gasteiger partial charge is 0.328 e. The van der Waals surface area contributed by atoms with Crippen LogP contribution in [-0.4, -0.2) is 22.8 Å². The number of nitriles is 1. The molecule has 4 amide bonds. The van der Waals surface area contributed by atoms with Gasteiger partial charge in [0.2, 0.25) is 5.91 Å². The molecule has 1 aromatic rings. The molecule has 0 unspecified atom stereocenters. The Hall–Kier alpha value is -3.74. The van der Waals surface area contributed by atoms with Gasteiger partial charge in [-0.1, -0.05) is 6.07 Å². The zero-order valence-corrected chi connectivity index (χ0v) is 11.8. The second-order valence-electron chi connectivity index (χ2n) is 4.09. The molecule has 0 radical (unpaired) electrons. The van der Waals surface area contributed by atoms with Crippen LogP contribution in [0.3, 0.4) is 0 Å². The summed E-state index contributed by atoms with van der Waals surface area (Å²) in [5.41, 5.74) is -0.365. The number of carbonyl (C=O) groups excluding carboxylic acids is 3. The predicted molar refractivity (Wildman–Crippen MR) is 77.8 cm³/mol. The molecule has 0 saturated heterocycles. The van der Waals surface area contributed by atoms with Gasteiger partial charge >= 0.3 is 6.03 Å². The van der Waals surface area contributed by atoms with Crippen LogP contribution in [0.25, 0.3) is 0 Å². The van der Waals surface area contributed by atoms with Crippen molar-refractivity contribution < 1.29 is 19.3 Å². The summed E-state index contributed by atoms with van der Waals surface area (Å²) < 4.78 is 0. The number of benzene rings is 1. The van der Waals surface area contributed by atoms with Crippen molar-refractivity contribution in [2.75, 3.05) is 5.32 Å². The number of carbonyl (C=O) groups is 3. The SMILES string of the molecule is CC(=O)NC(=O)NC(=O)/C(C#N)=C/Nc1cccc([N+](=O)[O-])c1. The summed E-state index contributed by atoms with van der Waals surface area (Å²) in [5, 5.41) is 25.6. The molecule has 1 rings (SSSR count). The minimum atomic E-state index is -1.07. The predicted octanol–water partition coefficient (Wildman–Crippen LogP) is 0.786. The molecule has 0 bridgehead atoms. The van der Waals surface area contributed by atoms with Gasteiger partial charge in [-0.05, 0) is 6.07 Å². The standard InChI is InChI=1S/C13H11N5O5/c1-8(19)16-13(21)17-12(20)9(6-14)7-15-10-3-2-4-11(5-10)18(22)23/h2-5,7,15H,1H3,(H2,16,17,19,20,21)/b9-7+. The van der Waals surface area contributed by atoms with Gasteiger partial charge in [0.1, 0.15) is 11.6 Å². The van der Waals surface area contributed by atoms with E-state index in [-0.39, 0.29) is 11.4 Å². The summed E-state index contributed by atoms with van der Waals surface area (Å²) in [6.45, 7) is 1.08. The fourth-order valence-electron chi connectivity index (χ4n) is 1.37. The van der Waals surface area contributed by atoms with E-state index in [1.165, 1.54) is 24.3 Å². The number of rotatable bonds is 4. The average molecular weight is 317 g/mol. The van der Waals surface area contributed by atoms with Crippen molar-refractivity contribution in [2.45, 2.75) is 6.92 Å². The first kappa shape index (κ1) is 17.3. The summed E-state index contributed by atoms with van der Waals surface area (Å²) in [5.74, 6) is -1.71. The van der Waals surface area contributed by atoms with E-state index in [9.17, 15) is 24.5 Å². The number of nitro groups is 1. The first-order chi connectivity index (χ1) is 10.8. The highest BCUT2D eigenvalue weighted by Crippen LogP contribution is 2.17. The Morgan fingerprint density at radius 2 is 2.00 bits per heavy atom.